The number of carbonyl (C=O) groups excluding carboxylic acids is 2. The first-order valence-electron chi connectivity index (χ1n) is 9.29. The molecule has 3 heterocycles. The van der Waals surface area contributed by atoms with E-state index in [2.05, 4.69) is 25.3 Å². The van der Waals surface area contributed by atoms with Gasteiger partial charge in [0.05, 0.1) is 12.9 Å². The minimum absolute atomic E-state index is 0.0382. The van der Waals surface area contributed by atoms with E-state index in [0.29, 0.717) is 34.7 Å². The molecule has 0 aliphatic rings. The molecule has 0 radical (unpaired) electrons. The standard InChI is InChI=1S/C20H19N5O5/c1-4-28-12-5-6-14-13(7-12)10(2)16(30-14)20(27)29-11(3)19(26)25-18-15-17(22-8-21-15)23-9-24-18/h5-9,11H,4H2,1-3H3,(H2,21,22,23,24,25,26). The van der Waals surface area contributed by atoms with Crippen molar-refractivity contribution >= 4 is 39.8 Å². The zero-order valence-electron chi connectivity index (χ0n) is 16.6. The van der Waals surface area contributed by atoms with Crippen LogP contribution in [0.1, 0.15) is 30.0 Å². The van der Waals surface area contributed by atoms with E-state index < -0.39 is 18.0 Å². The number of fused-ring (bicyclic) bond motifs is 2. The van der Waals surface area contributed by atoms with Crippen molar-refractivity contribution in [2.24, 2.45) is 0 Å². The van der Waals surface area contributed by atoms with Crippen molar-refractivity contribution in [3.8, 4) is 5.75 Å². The quantitative estimate of drug-likeness (QED) is 0.465. The fraction of sp³-hybridized carbons (Fsp3) is 0.250. The van der Waals surface area contributed by atoms with E-state index >= 15 is 0 Å². The number of nitrogens with one attached hydrogen (secondary N) is 2. The van der Waals surface area contributed by atoms with Gasteiger partial charge in [0.15, 0.2) is 17.6 Å². The van der Waals surface area contributed by atoms with Crippen molar-refractivity contribution < 1.29 is 23.5 Å². The molecular formula is C20H19N5O5. The highest BCUT2D eigenvalue weighted by Gasteiger charge is 2.25. The van der Waals surface area contributed by atoms with Crippen LogP contribution in [-0.4, -0.2) is 44.5 Å². The maximum atomic E-state index is 12.6. The number of carbonyl (C=O) groups is 2. The number of aromatic amines is 1. The van der Waals surface area contributed by atoms with E-state index in [1.54, 1.807) is 25.1 Å². The molecule has 10 nitrogen and oxygen atoms in total. The van der Waals surface area contributed by atoms with Crippen molar-refractivity contribution in [2.75, 3.05) is 11.9 Å². The van der Waals surface area contributed by atoms with E-state index in [4.69, 9.17) is 13.9 Å². The fourth-order valence-corrected chi connectivity index (χ4v) is 3.00. The topological polar surface area (TPSA) is 132 Å². The first-order chi connectivity index (χ1) is 14.5. The number of nitrogens with zero attached hydrogens (tertiary/aromatic N) is 3. The van der Waals surface area contributed by atoms with Gasteiger partial charge in [-0.25, -0.2) is 19.7 Å². The summed E-state index contributed by atoms with van der Waals surface area (Å²) in [5.74, 6) is -0.328. The number of amides is 1. The van der Waals surface area contributed by atoms with Crippen molar-refractivity contribution in [3.05, 3.63) is 42.2 Å². The highest BCUT2D eigenvalue weighted by atomic mass is 16.6. The number of aromatic nitrogens is 4. The number of H-pyrrole nitrogens is 1. The number of aryl methyl sites for hydroxylation is 1. The van der Waals surface area contributed by atoms with Gasteiger partial charge in [-0.2, -0.15) is 0 Å². The summed E-state index contributed by atoms with van der Waals surface area (Å²) in [7, 11) is 0. The van der Waals surface area contributed by atoms with Crippen LogP contribution in [0.3, 0.4) is 0 Å². The number of rotatable bonds is 6. The number of furan rings is 1. The summed E-state index contributed by atoms with van der Waals surface area (Å²) < 4.78 is 16.4. The van der Waals surface area contributed by atoms with Gasteiger partial charge in [0.25, 0.3) is 5.91 Å². The molecule has 0 bridgehead atoms. The Morgan fingerprint density at radius 2 is 2.10 bits per heavy atom. The van der Waals surface area contributed by atoms with Crippen LogP contribution in [0.2, 0.25) is 0 Å². The maximum Gasteiger partial charge on any atom is 0.375 e. The Labute approximate surface area is 170 Å². The number of hydrogen-bond donors (Lipinski definition) is 2. The lowest BCUT2D eigenvalue weighted by Gasteiger charge is -2.12. The number of hydrogen-bond acceptors (Lipinski definition) is 8. The molecule has 4 aromatic rings. The Kier molecular flexibility index (Phi) is 5.05. The molecule has 1 atom stereocenters. The minimum Gasteiger partial charge on any atom is -0.494 e. The summed E-state index contributed by atoms with van der Waals surface area (Å²) in [5.41, 5.74) is 2.03. The van der Waals surface area contributed by atoms with Gasteiger partial charge >= 0.3 is 5.97 Å². The van der Waals surface area contributed by atoms with E-state index in [-0.39, 0.29) is 11.6 Å². The average molecular weight is 409 g/mol. The SMILES string of the molecule is CCOc1ccc2oc(C(=O)OC(C)C(=O)Nc3ncnc4nc[nH]c34)c(C)c2c1. The first kappa shape index (κ1) is 19.4. The molecule has 0 saturated heterocycles. The zero-order chi connectivity index (χ0) is 21.3. The third-order valence-electron chi connectivity index (χ3n) is 4.52. The third kappa shape index (κ3) is 3.54. The van der Waals surface area contributed by atoms with E-state index in [9.17, 15) is 9.59 Å². The number of esters is 1. The lowest BCUT2D eigenvalue weighted by Crippen LogP contribution is -2.30. The number of ether oxygens (including phenoxy) is 2. The second-order valence-corrected chi connectivity index (χ2v) is 6.51. The van der Waals surface area contributed by atoms with Gasteiger partial charge in [-0.3, -0.25) is 4.79 Å². The van der Waals surface area contributed by atoms with Gasteiger partial charge in [-0.1, -0.05) is 0 Å². The molecule has 154 valence electrons. The van der Waals surface area contributed by atoms with E-state index in [0.717, 1.165) is 5.39 Å². The first-order valence-corrected chi connectivity index (χ1v) is 9.29. The highest BCUT2D eigenvalue weighted by molar-refractivity contribution is 6.01. The Balaban J connectivity index is 1.49. The molecule has 30 heavy (non-hydrogen) atoms. The molecule has 0 spiro atoms. The minimum atomic E-state index is -1.09. The lowest BCUT2D eigenvalue weighted by molar-refractivity contribution is -0.123. The van der Waals surface area contributed by atoms with Gasteiger partial charge in [-0.15, -0.1) is 0 Å². The molecule has 0 saturated carbocycles. The van der Waals surface area contributed by atoms with Crippen LogP contribution in [0.5, 0.6) is 5.75 Å². The predicted octanol–water partition coefficient (Wildman–Crippen LogP) is 2.99. The van der Waals surface area contributed by atoms with Crippen molar-refractivity contribution in [2.45, 2.75) is 26.9 Å². The van der Waals surface area contributed by atoms with E-state index in [1.807, 2.05) is 6.92 Å². The van der Waals surface area contributed by atoms with Crippen LogP contribution in [-0.2, 0) is 9.53 Å². The fourth-order valence-electron chi connectivity index (χ4n) is 3.00. The Bertz CT molecular complexity index is 1250. The molecule has 0 fully saturated rings. The van der Waals surface area contributed by atoms with Crippen LogP contribution in [0, 0.1) is 6.92 Å². The molecule has 10 heteroatoms. The normalized spacial score (nSPS) is 12.1. The summed E-state index contributed by atoms with van der Waals surface area (Å²) in [6.45, 7) is 5.63. The monoisotopic (exact) mass is 409 g/mol. The molecular weight excluding hydrogens is 390 g/mol. The predicted molar refractivity (Wildman–Crippen MR) is 107 cm³/mol. The zero-order valence-corrected chi connectivity index (χ0v) is 16.6. The Morgan fingerprint density at radius 1 is 1.27 bits per heavy atom. The molecule has 4 rings (SSSR count). The molecule has 2 N–H and O–H groups in total. The van der Waals surface area contributed by atoms with Crippen molar-refractivity contribution in [1.29, 1.82) is 0 Å². The summed E-state index contributed by atoms with van der Waals surface area (Å²) >= 11 is 0. The summed E-state index contributed by atoms with van der Waals surface area (Å²) in [4.78, 5) is 40.0. The van der Waals surface area contributed by atoms with Crippen LogP contribution >= 0.6 is 0 Å². The van der Waals surface area contributed by atoms with Crippen molar-refractivity contribution in [3.63, 3.8) is 0 Å². The van der Waals surface area contributed by atoms with Crippen molar-refractivity contribution in [1.82, 2.24) is 19.9 Å². The molecule has 0 aliphatic heterocycles. The van der Waals surface area contributed by atoms with E-state index in [1.165, 1.54) is 19.6 Å². The maximum absolute atomic E-state index is 12.6. The highest BCUT2D eigenvalue weighted by Crippen LogP contribution is 2.29. The largest absolute Gasteiger partial charge is 0.494 e. The van der Waals surface area contributed by atoms with Crippen LogP contribution in [0.15, 0.2) is 35.3 Å². The van der Waals surface area contributed by atoms with Gasteiger partial charge in [0.1, 0.15) is 23.2 Å². The van der Waals surface area contributed by atoms with Gasteiger partial charge in [-0.05, 0) is 39.0 Å². The van der Waals surface area contributed by atoms with Gasteiger partial charge in [0.2, 0.25) is 5.76 Å². The summed E-state index contributed by atoms with van der Waals surface area (Å²) in [6, 6.07) is 5.29. The molecule has 1 amide bonds. The second kappa shape index (κ2) is 7.82. The Morgan fingerprint density at radius 3 is 2.90 bits per heavy atom. The number of anilines is 1. The lowest BCUT2D eigenvalue weighted by atomic mass is 10.1. The number of benzene rings is 1. The number of imidazole rings is 1. The summed E-state index contributed by atoms with van der Waals surface area (Å²) in [5, 5.41) is 3.35. The van der Waals surface area contributed by atoms with Gasteiger partial charge in [0, 0.05) is 10.9 Å². The second-order valence-electron chi connectivity index (χ2n) is 6.51. The molecule has 0 aliphatic carbocycles. The summed E-state index contributed by atoms with van der Waals surface area (Å²) in [6.07, 6.45) is 1.64. The van der Waals surface area contributed by atoms with Gasteiger partial charge < -0.3 is 24.2 Å². The third-order valence-corrected chi connectivity index (χ3v) is 4.52. The average Bonchev–Trinajstić information content (AvgIpc) is 3.34. The molecule has 3 aromatic heterocycles. The van der Waals surface area contributed by atoms with Crippen LogP contribution in [0.25, 0.3) is 22.1 Å². The Hall–Kier alpha value is -3.95. The van der Waals surface area contributed by atoms with Crippen LogP contribution in [0.4, 0.5) is 5.82 Å². The smallest absolute Gasteiger partial charge is 0.375 e. The van der Waals surface area contributed by atoms with Crippen LogP contribution < -0.4 is 10.1 Å². The molecule has 1 aromatic carbocycles. The molecule has 1 unspecified atom stereocenters.